The van der Waals surface area contributed by atoms with Gasteiger partial charge in [0.15, 0.2) is 0 Å². The summed E-state index contributed by atoms with van der Waals surface area (Å²) < 4.78 is 1.92. The summed E-state index contributed by atoms with van der Waals surface area (Å²) in [6.45, 7) is 0. The van der Waals surface area contributed by atoms with Crippen LogP contribution in [0, 0.1) is 0 Å². The van der Waals surface area contributed by atoms with Crippen LogP contribution < -0.4 is 5.32 Å². The number of nitrogens with zero attached hydrogens (tertiary/aromatic N) is 3. The Bertz CT molecular complexity index is 1110. The number of amides is 1. The number of benzene rings is 2. The Hall–Kier alpha value is -2.96. The first-order chi connectivity index (χ1) is 14.1. The summed E-state index contributed by atoms with van der Waals surface area (Å²) in [5.74, 6) is 0.680. The number of imidazole rings is 1. The minimum atomic E-state index is -0.321. The quantitative estimate of drug-likeness (QED) is 0.492. The molecule has 0 unspecified atom stereocenters. The van der Waals surface area contributed by atoms with Crippen LogP contribution >= 0.6 is 22.9 Å². The molecule has 5 nitrogen and oxygen atoms in total. The highest BCUT2D eigenvalue weighted by Gasteiger charge is 2.21. The first-order valence-electron chi connectivity index (χ1n) is 9.12. The average Bonchev–Trinajstić information content (AvgIpc) is 3.36. The number of aromatic nitrogens is 3. The number of aryl methyl sites for hydroxylation is 1. The number of halogens is 1. The molecule has 0 radical (unpaired) electrons. The number of thiazole rings is 1. The molecule has 0 spiro atoms. The third-order valence-electron chi connectivity index (χ3n) is 4.54. The largest absolute Gasteiger partial charge is 0.342 e. The second-order valence-corrected chi connectivity index (χ2v) is 7.93. The fourth-order valence-corrected chi connectivity index (χ4v) is 4.04. The van der Waals surface area contributed by atoms with Crippen molar-refractivity contribution in [3.63, 3.8) is 0 Å². The standard InChI is InChI=1S/C22H19ClN4OS/c1-27-12-11-24-21(27)20(15-5-3-2-4-6-15)26-19(28)13-18-14-29-22(25-18)16-7-9-17(23)10-8-16/h2-12,14,20H,13H2,1H3,(H,26,28)/t20-/m0/s1. The van der Waals surface area contributed by atoms with E-state index in [1.54, 1.807) is 6.20 Å². The van der Waals surface area contributed by atoms with Crippen molar-refractivity contribution in [3.05, 3.63) is 94.5 Å². The van der Waals surface area contributed by atoms with Gasteiger partial charge in [-0.1, -0.05) is 54.1 Å². The molecule has 0 aliphatic heterocycles. The molecule has 4 rings (SSSR count). The SMILES string of the molecule is Cn1ccnc1[C@@H](NC(=O)Cc1csc(-c2ccc(Cl)cc2)n1)c1ccccc1. The highest BCUT2D eigenvalue weighted by molar-refractivity contribution is 7.13. The summed E-state index contributed by atoms with van der Waals surface area (Å²) in [5, 5.41) is 6.58. The zero-order chi connectivity index (χ0) is 20.2. The predicted octanol–water partition coefficient (Wildman–Crippen LogP) is 4.65. The summed E-state index contributed by atoms with van der Waals surface area (Å²) in [4.78, 5) is 21.8. The van der Waals surface area contributed by atoms with Crippen molar-refractivity contribution in [2.75, 3.05) is 0 Å². The van der Waals surface area contributed by atoms with Gasteiger partial charge in [-0.15, -0.1) is 11.3 Å². The van der Waals surface area contributed by atoms with Gasteiger partial charge in [-0.25, -0.2) is 9.97 Å². The molecule has 4 aromatic rings. The minimum absolute atomic E-state index is 0.102. The Balaban J connectivity index is 1.50. The Morgan fingerprint density at radius 3 is 2.62 bits per heavy atom. The maximum absolute atomic E-state index is 12.8. The van der Waals surface area contributed by atoms with E-state index < -0.39 is 0 Å². The van der Waals surface area contributed by atoms with Crippen molar-refractivity contribution in [1.29, 1.82) is 0 Å². The van der Waals surface area contributed by atoms with Crippen molar-refractivity contribution < 1.29 is 4.79 Å². The molecule has 1 atom stereocenters. The molecule has 0 aliphatic rings. The van der Waals surface area contributed by atoms with Gasteiger partial charge in [0.1, 0.15) is 16.9 Å². The Morgan fingerprint density at radius 2 is 1.93 bits per heavy atom. The maximum Gasteiger partial charge on any atom is 0.226 e. The van der Waals surface area contributed by atoms with Gasteiger partial charge in [0.2, 0.25) is 5.91 Å². The predicted molar refractivity (Wildman–Crippen MR) is 116 cm³/mol. The molecule has 29 heavy (non-hydrogen) atoms. The van der Waals surface area contributed by atoms with Crippen molar-refractivity contribution in [1.82, 2.24) is 19.9 Å². The first kappa shape index (κ1) is 19.4. The van der Waals surface area contributed by atoms with E-state index in [-0.39, 0.29) is 18.4 Å². The number of rotatable bonds is 6. The molecule has 2 aromatic heterocycles. The van der Waals surface area contributed by atoms with Gasteiger partial charge in [-0.05, 0) is 17.7 Å². The molecule has 0 aliphatic carbocycles. The first-order valence-corrected chi connectivity index (χ1v) is 10.4. The van der Waals surface area contributed by atoms with Crippen LogP contribution in [0.5, 0.6) is 0 Å². The fraction of sp³-hybridized carbons (Fsp3) is 0.136. The van der Waals surface area contributed by atoms with Crippen LogP contribution in [0.1, 0.15) is 23.1 Å². The van der Waals surface area contributed by atoms with E-state index in [1.807, 2.05) is 77.8 Å². The van der Waals surface area contributed by atoms with Gasteiger partial charge >= 0.3 is 0 Å². The monoisotopic (exact) mass is 422 g/mol. The molecule has 0 saturated heterocycles. The van der Waals surface area contributed by atoms with E-state index in [0.717, 1.165) is 27.7 Å². The molecule has 0 bridgehead atoms. The van der Waals surface area contributed by atoms with Gasteiger partial charge < -0.3 is 9.88 Å². The second-order valence-electron chi connectivity index (χ2n) is 6.64. The summed E-state index contributed by atoms with van der Waals surface area (Å²) in [5.41, 5.74) is 2.71. The molecule has 2 aromatic carbocycles. The Labute approximate surface area is 178 Å². The van der Waals surface area contributed by atoms with Crippen LogP contribution in [0.25, 0.3) is 10.6 Å². The van der Waals surface area contributed by atoms with Crippen molar-refractivity contribution in [2.24, 2.45) is 7.05 Å². The third-order valence-corrected chi connectivity index (χ3v) is 5.73. The lowest BCUT2D eigenvalue weighted by Gasteiger charge is -2.19. The molecule has 0 fully saturated rings. The minimum Gasteiger partial charge on any atom is -0.342 e. The Morgan fingerprint density at radius 1 is 1.17 bits per heavy atom. The number of carbonyl (C=O) groups excluding carboxylic acids is 1. The van der Waals surface area contributed by atoms with Crippen LogP contribution in [0.15, 0.2) is 72.4 Å². The zero-order valence-electron chi connectivity index (χ0n) is 15.7. The van der Waals surface area contributed by atoms with Crippen LogP contribution in [0.4, 0.5) is 0 Å². The molecular weight excluding hydrogens is 404 g/mol. The number of hydrogen-bond donors (Lipinski definition) is 1. The lowest BCUT2D eigenvalue weighted by atomic mass is 10.1. The average molecular weight is 423 g/mol. The van der Waals surface area contributed by atoms with Gasteiger partial charge in [0, 0.05) is 35.4 Å². The van der Waals surface area contributed by atoms with Crippen molar-refractivity contribution in [2.45, 2.75) is 12.5 Å². The smallest absolute Gasteiger partial charge is 0.226 e. The van der Waals surface area contributed by atoms with E-state index in [2.05, 4.69) is 15.3 Å². The van der Waals surface area contributed by atoms with Crippen LogP contribution in [-0.2, 0) is 18.3 Å². The van der Waals surface area contributed by atoms with E-state index >= 15 is 0 Å². The molecule has 1 amide bonds. The summed E-state index contributed by atoms with van der Waals surface area (Å²) in [6, 6.07) is 17.0. The maximum atomic E-state index is 12.8. The van der Waals surface area contributed by atoms with Crippen molar-refractivity contribution >= 4 is 28.8 Å². The van der Waals surface area contributed by atoms with Crippen LogP contribution in [0.2, 0.25) is 5.02 Å². The van der Waals surface area contributed by atoms with E-state index in [1.165, 1.54) is 11.3 Å². The van der Waals surface area contributed by atoms with Crippen LogP contribution in [-0.4, -0.2) is 20.4 Å². The lowest BCUT2D eigenvalue weighted by Crippen LogP contribution is -2.32. The Kier molecular flexibility index (Phi) is 5.74. The van der Waals surface area contributed by atoms with Gasteiger partial charge in [-0.2, -0.15) is 0 Å². The van der Waals surface area contributed by atoms with E-state index in [9.17, 15) is 4.79 Å². The highest BCUT2D eigenvalue weighted by atomic mass is 35.5. The van der Waals surface area contributed by atoms with Gasteiger partial charge in [0.05, 0.1) is 12.1 Å². The third kappa shape index (κ3) is 4.55. The molecule has 146 valence electrons. The number of nitrogens with one attached hydrogen (secondary N) is 1. The highest BCUT2D eigenvalue weighted by Crippen LogP contribution is 2.26. The topological polar surface area (TPSA) is 59.8 Å². The van der Waals surface area contributed by atoms with Crippen LogP contribution in [0.3, 0.4) is 0 Å². The summed E-state index contributed by atoms with van der Waals surface area (Å²) in [6.07, 6.45) is 3.81. The fourth-order valence-electron chi connectivity index (χ4n) is 3.09. The van der Waals surface area contributed by atoms with E-state index in [0.29, 0.717) is 5.02 Å². The summed E-state index contributed by atoms with van der Waals surface area (Å²) in [7, 11) is 1.92. The number of carbonyl (C=O) groups is 1. The molecule has 2 heterocycles. The molecule has 0 saturated carbocycles. The number of hydrogen-bond acceptors (Lipinski definition) is 4. The zero-order valence-corrected chi connectivity index (χ0v) is 17.3. The lowest BCUT2D eigenvalue weighted by molar-refractivity contribution is -0.121. The van der Waals surface area contributed by atoms with Crippen molar-refractivity contribution in [3.8, 4) is 10.6 Å². The van der Waals surface area contributed by atoms with E-state index in [4.69, 9.17) is 11.6 Å². The molecular formula is C22H19ClN4OS. The molecule has 7 heteroatoms. The summed E-state index contributed by atoms with van der Waals surface area (Å²) >= 11 is 7.46. The molecule has 1 N–H and O–H groups in total. The van der Waals surface area contributed by atoms with Gasteiger partial charge in [0.25, 0.3) is 0 Å². The normalized spacial score (nSPS) is 11.9. The van der Waals surface area contributed by atoms with Gasteiger partial charge in [-0.3, -0.25) is 4.79 Å². The second kappa shape index (κ2) is 8.59.